The number of methoxy groups -OCH3 is 1. The van der Waals surface area contributed by atoms with Gasteiger partial charge in [-0.2, -0.15) is 5.26 Å². The Labute approximate surface area is 126 Å². The Kier molecular flexibility index (Phi) is 5.67. The van der Waals surface area contributed by atoms with E-state index in [4.69, 9.17) is 14.7 Å². The zero-order valence-corrected chi connectivity index (χ0v) is 12.5. The van der Waals surface area contributed by atoms with Crippen LogP contribution in [0, 0.1) is 17.1 Å². The van der Waals surface area contributed by atoms with Crippen molar-refractivity contribution >= 4 is 11.3 Å². The van der Waals surface area contributed by atoms with Gasteiger partial charge in [-0.25, -0.2) is 9.37 Å². The lowest BCUT2D eigenvalue weighted by Crippen LogP contribution is -2.01. The van der Waals surface area contributed by atoms with Crippen LogP contribution in [0.1, 0.15) is 15.6 Å². The summed E-state index contributed by atoms with van der Waals surface area (Å²) in [6, 6.07) is 8.04. The number of benzene rings is 1. The molecule has 6 heteroatoms. The van der Waals surface area contributed by atoms with Crippen LogP contribution in [-0.2, 0) is 24.2 Å². The van der Waals surface area contributed by atoms with Gasteiger partial charge in [0, 0.05) is 18.4 Å². The molecule has 2 rings (SSSR count). The lowest BCUT2D eigenvalue weighted by Gasteiger charge is -2.04. The van der Waals surface area contributed by atoms with E-state index >= 15 is 0 Å². The van der Waals surface area contributed by atoms with E-state index < -0.39 is 0 Å². The Morgan fingerprint density at radius 3 is 2.76 bits per heavy atom. The number of nitriles is 1. The molecule has 0 aliphatic rings. The summed E-state index contributed by atoms with van der Waals surface area (Å²) in [5.74, 6) is 0.343. The fourth-order valence-electron chi connectivity index (χ4n) is 1.79. The van der Waals surface area contributed by atoms with E-state index in [9.17, 15) is 4.39 Å². The average Bonchev–Trinajstić information content (AvgIpc) is 2.84. The molecule has 0 saturated carbocycles. The van der Waals surface area contributed by atoms with E-state index in [1.807, 2.05) is 0 Å². The largest absolute Gasteiger partial charge is 0.493 e. The first kappa shape index (κ1) is 15.4. The minimum Gasteiger partial charge on any atom is -0.493 e. The first-order valence-electron chi connectivity index (χ1n) is 6.44. The molecule has 0 radical (unpaired) electrons. The highest BCUT2D eigenvalue weighted by molar-refractivity contribution is 7.11. The third kappa shape index (κ3) is 4.52. The number of halogens is 1. The van der Waals surface area contributed by atoms with Crippen molar-refractivity contribution in [1.29, 1.82) is 5.26 Å². The molecule has 0 unspecified atom stereocenters. The molecule has 0 amide bonds. The van der Waals surface area contributed by atoms with Crippen LogP contribution in [0.2, 0.25) is 0 Å². The van der Waals surface area contributed by atoms with E-state index in [1.54, 1.807) is 19.2 Å². The Morgan fingerprint density at radius 2 is 2.10 bits per heavy atom. The zero-order valence-electron chi connectivity index (χ0n) is 11.6. The highest BCUT2D eigenvalue weighted by Crippen LogP contribution is 2.21. The number of nitrogens with zero attached hydrogens (tertiary/aromatic N) is 2. The number of thiazole rings is 1. The molecule has 1 aromatic carbocycles. The molecule has 110 valence electrons. The summed E-state index contributed by atoms with van der Waals surface area (Å²) in [6.45, 7) is 0.865. The molecular formula is C15H15FN2O2S. The summed E-state index contributed by atoms with van der Waals surface area (Å²) in [4.78, 5) is 5.41. The van der Waals surface area contributed by atoms with Crippen LogP contribution in [0.3, 0.4) is 0 Å². The molecule has 1 aromatic heterocycles. The predicted molar refractivity (Wildman–Crippen MR) is 77.7 cm³/mol. The quantitative estimate of drug-likeness (QED) is 0.788. The summed E-state index contributed by atoms with van der Waals surface area (Å²) >= 11 is 1.51. The molecule has 0 fully saturated rings. The van der Waals surface area contributed by atoms with Crippen molar-refractivity contribution < 1.29 is 13.9 Å². The number of hydrogen-bond donors (Lipinski definition) is 0. The van der Waals surface area contributed by atoms with Crippen LogP contribution < -0.4 is 4.74 Å². The van der Waals surface area contributed by atoms with Crippen molar-refractivity contribution in [3.05, 3.63) is 45.7 Å². The van der Waals surface area contributed by atoms with Gasteiger partial charge in [0.15, 0.2) is 0 Å². The molecule has 4 nitrogen and oxygen atoms in total. The van der Waals surface area contributed by atoms with Crippen LogP contribution in [0.25, 0.3) is 0 Å². The van der Waals surface area contributed by atoms with Gasteiger partial charge in [0.05, 0.1) is 36.4 Å². The van der Waals surface area contributed by atoms with Gasteiger partial charge < -0.3 is 9.47 Å². The Morgan fingerprint density at radius 1 is 1.33 bits per heavy atom. The van der Waals surface area contributed by atoms with Gasteiger partial charge in [-0.05, 0) is 24.3 Å². The van der Waals surface area contributed by atoms with Crippen molar-refractivity contribution in [2.45, 2.75) is 19.4 Å². The van der Waals surface area contributed by atoms with Crippen molar-refractivity contribution in [2.75, 3.05) is 13.7 Å². The Hall–Kier alpha value is -1.97. The Bertz CT molecular complexity index is 620. The SMILES string of the molecule is COCc1nc(CCOc2ccc(F)cc2)sc1CC#N. The minimum absolute atomic E-state index is 0.285. The molecule has 0 atom stereocenters. The van der Waals surface area contributed by atoms with Crippen LogP contribution in [-0.4, -0.2) is 18.7 Å². The summed E-state index contributed by atoms with van der Waals surface area (Å²) in [6.07, 6.45) is 0.985. The maximum atomic E-state index is 12.8. The molecule has 0 N–H and O–H groups in total. The van der Waals surface area contributed by atoms with E-state index in [-0.39, 0.29) is 5.82 Å². The lowest BCUT2D eigenvalue weighted by atomic mass is 10.3. The number of ether oxygens (including phenoxy) is 2. The van der Waals surface area contributed by atoms with Crippen LogP contribution in [0.15, 0.2) is 24.3 Å². The predicted octanol–water partition coefficient (Wildman–Crippen LogP) is 3.12. The zero-order chi connectivity index (χ0) is 15.1. The monoisotopic (exact) mass is 306 g/mol. The van der Waals surface area contributed by atoms with E-state index in [0.29, 0.717) is 31.8 Å². The number of rotatable bonds is 7. The summed E-state index contributed by atoms with van der Waals surface area (Å²) < 4.78 is 23.4. The number of aromatic nitrogens is 1. The smallest absolute Gasteiger partial charge is 0.123 e. The van der Waals surface area contributed by atoms with Crippen LogP contribution in [0.5, 0.6) is 5.75 Å². The topological polar surface area (TPSA) is 55.1 Å². The number of hydrogen-bond acceptors (Lipinski definition) is 5. The maximum Gasteiger partial charge on any atom is 0.123 e. The Balaban J connectivity index is 1.92. The fourth-order valence-corrected chi connectivity index (χ4v) is 2.77. The molecule has 1 heterocycles. The fraction of sp³-hybridized carbons (Fsp3) is 0.333. The third-order valence-electron chi connectivity index (χ3n) is 2.74. The van der Waals surface area contributed by atoms with Gasteiger partial charge in [0.25, 0.3) is 0 Å². The lowest BCUT2D eigenvalue weighted by molar-refractivity contribution is 0.181. The van der Waals surface area contributed by atoms with Crippen molar-refractivity contribution in [3.63, 3.8) is 0 Å². The molecule has 0 spiro atoms. The summed E-state index contributed by atoms with van der Waals surface area (Å²) in [5, 5.41) is 9.71. The highest BCUT2D eigenvalue weighted by atomic mass is 32.1. The molecule has 0 aliphatic carbocycles. The van der Waals surface area contributed by atoms with Gasteiger partial charge in [0.2, 0.25) is 0 Å². The van der Waals surface area contributed by atoms with Gasteiger partial charge >= 0.3 is 0 Å². The third-order valence-corrected chi connectivity index (χ3v) is 3.90. The summed E-state index contributed by atoms with van der Waals surface area (Å²) in [5.41, 5.74) is 0.820. The van der Waals surface area contributed by atoms with Crippen molar-refractivity contribution in [2.24, 2.45) is 0 Å². The summed E-state index contributed by atoms with van der Waals surface area (Å²) in [7, 11) is 1.60. The highest BCUT2D eigenvalue weighted by Gasteiger charge is 2.11. The molecule has 0 aliphatic heterocycles. The molecule has 2 aromatic rings. The normalized spacial score (nSPS) is 10.3. The molecule has 0 bridgehead atoms. The van der Waals surface area contributed by atoms with Crippen LogP contribution in [0.4, 0.5) is 4.39 Å². The van der Waals surface area contributed by atoms with Gasteiger partial charge in [-0.1, -0.05) is 0 Å². The van der Waals surface area contributed by atoms with E-state index in [2.05, 4.69) is 11.1 Å². The average molecular weight is 306 g/mol. The second kappa shape index (κ2) is 7.72. The standard InChI is InChI=1S/C15H15FN2O2S/c1-19-10-13-14(6-8-17)21-15(18-13)7-9-20-12-4-2-11(16)3-5-12/h2-5H,6-7,9-10H2,1H3. The van der Waals surface area contributed by atoms with Gasteiger partial charge in [-0.3, -0.25) is 0 Å². The van der Waals surface area contributed by atoms with Crippen LogP contribution >= 0.6 is 11.3 Å². The van der Waals surface area contributed by atoms with E-state index in [1.165, 1.54) is 23.5 Å². The van der Waals surface area contributed by atoms with Crippen molar-refractivity contribution in [1.82, 2.24) is 4.98 Å². The van der Waals surface area contributed by atoms with E-state index in [0.717, 1.165) is 15.6 Å². The first-order valence-corrected chi connectivity index (χ1v) is 7.26. The van der Waals surface area contributed by atoms with Crippen molar-refractivity contribution in [3.8, 4) is 11.8 Å². The first-order chi connectivity index (χ1) is 10.2. The minimum atomic E-state index is -0.285. The maximum absolute atomic E-state index is 12.8. The second-order valence-electron chi connectivity index (χ2n) is 4.30. The van der Waals surface area contributed by atoms with Gasteiger partial charge in [0.1, 0.15) is 11.6 Å². The molecule has 21 heavy (non-hydrogen) atoms. The molecule has 0 saturated heterocycles. The van der Waals surface area contributed by atoms with Gasteiger partial charge in [-0.15, -0.1) is 11.3 Å². The second-order valence-corrected chi connectivity index (χ2v) is 5.47. The molecular weight excluding hydrogens is 291 g/mol.